The standard InChI is InChI=1S/C17H27N3O2S2/c1-4-20(5-2)24(21,22)15-10-9-14(3)16(13-15)18-17(23)19-11-7-6-8-12-19/h9-10,13H,4-8,11-12H2,1-3H3,(H,18,23). The lowest BCUT2D eigenvalue weighted by atomic mass is 10.1. The third-order valence-corrected chi connectivity index (χ3v) is 6.84. The molecule has 24 heavy (non-hydrogen) atoms. The molecule has 0 radical (unpaired) electrons. The number of likely N-dealkylation sites (tertiary alicyclic amines) is 1. The van der Waals surface area contributed by atoms with Gasteiger partial charge >= 0.3 is 0 Å². The number of nitrogens with zero attached hydrogens (tertiary/aromatic N) is 2. The number of anilines is 1. The van der Waals surface area contributed by atoms with Crippen LogP contribution in [0.25, 0.3) is 0 Å². The molecule has 1 aliphatic heterocycles. The Kier molecular flexibility index (Phi) is 6.60. The van der Waals surface area contributed by atoms with Gasteiger partial charge in [0.05, 0.1) is 4.90 Å². The lowest BCUT2D eigenvalue weighted by molar-refractivity contribution is 0.346. The molecule has 0 amide bonds. The molecular weight excluding hydrogens is 342 g/mol. The van der Waals surface area contributed by atoms with Gasteiger partial charge < -0.3 is 10.2 Å². The summed E-state index contributed by atoms with van der Waals surface area (Å²) in [6.07, 6.45) is 3.55. The van der Waals surface area contributed by atoms with E-state index in [1.54, 1.807) is 12.1 Å². The maximum Gasteiger partial charge on any atom is 0.243 e. The molecule has 1 aliphatic rings. The van der Waals surface area contributed by atoms with Crippen molar-refractivity contribution in [3.8, 4) is 0 Å². The van der Waals surface area contributed by atoms with Crippen LogP contribution >= 0.6 is 12.2 Å². The first kappa shape index (κ1) is 19.1. The molecule has 1 fully saturated rings. The number of thiocarbonyl (C=S) groups is 1. The Bertz CT molecular complexity index is 679. The molecular formula is C17H27N3O2S2. The highest BCUT2D eigenvalue weighted by Gasteiger charge is 2.22. The summed E-state index contributed by atoms with van der Waals surface area (Å²) in [5.41, 5.74) is 1.74. The quantitative estimate of drug-likeness (QED) is 0.808. The van der Waals surface area contributed by atoms with Gasteiger partial charge in [-0.25, -0.2) is 8.42 Å². The van der Waals surface area contributed by atoms with Gasteiger partial charge in [-0.05, 0) is 56.1 Å². The summed E-state index contributed by atoms with van der Waals surface area (Å²) in [6, 6.07) is 5.19. The minimum atomic E-state index is -3.46. The van der Waals surface area contributed by atoms with Crippen molar-refractivity contribution < 1.29 is 8.42 Å². The van der Waals surface area contributed by atoms with Crippen LogP contribution in [-0.4, -0.2) is 48.9 Å². The predicted octanol–water partition coefficient (Wildman–Crippen LogP) is 3.21. The topological polar surface area (TPSA) is 52.7 Å². The van der Waals surface area contributed by atoms with Crippen LogP contribution in [0.2, 0.25) is 0 Å². The molecule has 0 atom stereocenters. The van der Waals surface area contributed by atoms with Crippen molar-refractivity contribution in [3.05, 3.63) is 23.8 Å². The summed E-state index contributed by atoms with van der Waals surface area (Å²) in [5, 5.41) is 3.92. The minimum Gasteiger partial charge on any atom is -0.349 e. The minimum absolute atomic E-state index is 0.306. The average molecular weight is 370 g/mol. The van der Waals surface area contributed by atoms with Crippen molar-refractivity contribution in [2.75, 3.05) is 31.5 Å². The number of hydrogen-bond acceptors (Lipinski definition) is 3. The van der Waals surface area contributed by atoms with Gasteiger partial charge in [-0.2, -0.15) is 4.31 Å². The summed E-state index contributed by atoms with van der Waals surface area (Å²) in [7, 11) is -3.46. The molecule has 1 aromatic carbocycles. The van der Waals surface area contributed by atoms with Crippen LogP contribution in [0.4, 0.5) is 5.69 Å². The van der Waals surface area contributed by atoms with Gasteiger partial charge in [-0.3, -0.25) is 0 Å². The molecule has 0 spiro atoms. The Hall–Kier alpha value is -1.18. The van der Waals surface area contributed by atoms with Gasteiger partial charge in [-0.15, -0.1) is 0 Å². The largest absolute Gasteiger partial charge is 0.349 e. The zero-order valence-corrected chi connectivity index (χ0v) is 16.3. The Morgan fingerprint density at radius 1 is 1.21 bits per heavy atom. The molecule has 7 heteroatoms. The fraction of sp³-hybridized carbons (Fsp3) is 0.588. The lowest BCUT2D eigenvalue weighted by Gasteiger charge is -2.29. The van der Waals surface area contributed by atoms with E-state index in [-0.39, 0.29) is 0 Å². The number of piperidine rings is 1. The monoisotopic (exact) mass is 369 g/mol. The molecule has 0 saturated carbocycles. The summed E-state index contributed by atoms with van der Waals surface area (Å²) in [6.45, 7) is 8.49. The van der Waals surface area contributed by atoms with Crippen molar-refractivity contribution in [1.29, 1.82) is 0 Å². The molecule has 1 aromatic rings. The second-order valence-corrected chi connectivity index (χ2v) is 8.37. The Morgan fingerprint density at radius 3 is 2.42 bits per heavy atom. The van der Waals surface area contributed by atoms with Crippen molar-refractivity contribution in [3.63, 3.8) is 0 Å². The molecule has 0 bridgehead atoms. The SMILES string of the molecule is CCN(CC)S(=O)(=O)c1ccc(C)c(NC(=S)N2CCCCC2)c1. The Balaban J connectivity index is 2.23. The van der Waals surface area contributed by atoms with Crippen LogP contribution in [0.1, 0.15) is 38.7 Å². The molecule has 5 nitrogen and oxygen atoms in total. The highest BCUT2D eigenvalue weighted by atomic mass is 32.2. The number of sulfonamides is 1. The summed E-state index contributed by atoms with van der Waals surface area (Å²) < 4.78 is 26.9. The molecule has 134 valence electrons. The molecule has 1 saturated heterocycles. The summed E-state index contributed by atoms with van der Waals surface area (Å²) >= 11 is 5.50. The maximum absolute atomic E-state index is 12.7. The second kappa shape index (κ2) is 8.27. The summed E-state index contributed by atoms with van der Waals surface area (Å²) in [4.78, 5) is 2.46. The third-order valence-electron chi connectivity index (χ3n) is 4.44. The van der Waals surface area contributed by atoms with Gasteiger partial charge in [0.2, 0.25) is 10.0 Å². The predicted molar refractivity (Wildman–Crippen MR) is 103 cm³/mol. The molecule has 1 heterocycles. The van der Waals surface area contributed by atoms with E-state index in [0.29, 0.717) is 23.1 Å². The fourth-order valence-corrected chi connectivity index (χ4v) is 4.68. The van der Waals surface area contributed by atoms with E-state index in [4.69, 9.17) is 12.2 Å². The average Bonchev–Trinajstić information content (AvgIpc) is 2.58. The summed E-state index contributed by atoms with van der Waals surface area (Å²) in [5.74, 6) is 0. The van der Waals surface area contributed by atoms with Crippen LogP contribution in [0.3, 0.4) is 0 Å². The molecule has 0 aromatic heterocycles. The van der Waals surface area contributed by atoms with E-state index >= 15 is 0 Å². The second-order valence-electron chi connectivity index (χ2n) is 6.04. The number of rotatable bonds is 5. The fourth-order valence-electron chi connectivity index (χ4n) is 2.90. The molecule has 1 N–H and O–H groups in total. The maximum atomic E-state index is 12.7. The third kappa shape index (κ3) is 4.26. The number of nitrogens with one attached hydrogen (secondary N) is 1. The van der Waals surface area contributed by atoms with Crippen molar-refractivity contribution in [2.24, 2.45) is 0 Å². The van der Waals surface area contributed by atoms with E-state index in [0.717, 1.165) is 37.2 Å². The Morgan fingerprint density at radius 2 is 1.83 bits per heavy atom. The van der Waals surface area contributed by atoms with E-state index in [9.17, 15) is 8.42 Å². The normalized spacial score (nSPS) is 15.6. The van der Waals surface area contributed by atoms with E-state index in [2.05, 4.69) is 10.2 Å². The first-order valence-electron chi connectivity index (χ1n) is 8.56. The van der Waals surface area contributed by atoms with Gasteiger partial charge in [0.25, 0.3) is 0 Å². The van der Waals surface area contributed by atoms with Crippen molar-refractivity contribution in [1.82, 2.24) is 9.21 Å². The van der Waals surface area contributed by atoms with Gasteiger partial charge in [0.1, 0.15) is 0 Å². The van der Waals surface area contributed by atoms with Crippen molar-refractivity contribution in [2.45, 2.75) is 44.9 Å². The van der Waals surface area contributed by atoms with E-state index < -0.39 is 10.0 Å². The molecule has 2 rings (SSSR count). The first-order valence-corrected chi connectivity index (χ1v) is 10.4. The van der Waals surface area contributed by atoms with Gasteiger partial charge in [0.15, 0.2) is 5.11 Å². The zero-order valence-electron chi connectivity index (χ0n) is 14.7. The van der Waals surface area contributed by atoms with Crippen LogP contribution in [0.5, 0.6) is 0 Å². The van der Waals surface area contributed by atoms with Gasteiger partial charge in [-0.1, -0.05) is 19.9 Å². The van der Waals surface area contributed by atoms with Crippen molar-refractivity contribution >= 4 is 33.0 Å². The first-order chi connectivity index (χ1) is 11.4. The zero-order chi connectivity index (χ0) is 17.7. The van der Waals surface area contributed by atoms with E-state index in [1.807, 2.05) is 26.8 Å². The van der Waals surface area contributed by atoms with E-state index in [1.165, 1.54) is 10.7 Å². The van der Waals surface area contributed by atoms with Gasteiger partial charge in [0, 0.05) is 31.9 Å². The number of hydrogen-bond donors (Lipinski definition) is 1. The number of benzene rings is 1. The van der Waals surface area contributed by atoms with Crippen LogP contribution in [-0.2, 0) is 10.0 Å². The van der Waals surface area contributed by atoms with Crippen LogP contribution in [0.15, 0.2) is 23.1 Å². The highest BCUT2D eigenvalue weighted by Crippen LogP contribution is 2.23. The lowest BCUT2D eigenvalue weighted by Crippen LogP contribution is -2.38. The smallest absolute Gasteiger partial charge is 0.243 e. The Labute approximate surface area is 151 Å². The molecule has 0 unspecified atom stereocenters. The number of aryl methyl sites for hydroxylation is 1. The van der Waals surface area contributed by atoms with Crippen LogP contribution < -0.4 is 5.32 Å². The van der Waals surface area contributed by atoms with Crippen LogP contribution in [0, 0.1) is 6.92 Å². The molecule has 0 aliphatic carbocycles. The highest BCUT2D eigenvalue weighted by molar-refractivity contribution is 7.89.